The molecule has 90 valence electrons. The largest absolute Gasteiger partial charge is 0.358 e. The van der Waals surface area contributed by atoms with Crippen LogP contribution in [0.4, 0.5) is 5.13 Å². The van der Waals surface area contributed by atoms with Gasteiger partial charge in [0, 0.05) is 16.8 Å². The van der Waals surface area contributed by atoms with E-state index in [-0.39, 0.29) is 0 Å². The van der Waals surface area contributed by atoms with Crippen LogP contribution in [0, 0.1) is 19.8 Å². The molecule has 1 heterocycles. The highest BCUT2D eigenvalue weighted by Gasteiger charge is 2.24. The summed E-state index contributed by atoms with van der Waals surface area (Å²) in [4.78, 5) is 5.84. The van der Waals surface area contributed by atoms with Gasteiger partial charge >= 0.3 is 0 Å². The number of aryl methyl sites for hydroxylation is 2. The summed E-state index contributed by atoms with van der Waals surface area (Å²) in [5.74, 6) is 1.38. The topological polar surface area (TPSA) is 24.9 Å². The summed E-state index contributed by atoms with van der Waals surface area (Å²) in [6.07, 6.45) is 5.12. The second-order valence-electron chi connectivity index (χ2n) is 4.61. The highest BCUT2D eigenvalue weighted by molar-refractivity contribution is 7.15. The molecule has 16 heavy (non-hydrogen) atoms. The van der Waals surface area contributed by atoms with E-state index in [9.17, 15) is 0 Å². The van der Waals surface area contributed by atoms with Crippen LogP contribution in [-0.4, -0.2) is 16.9 Å². The predicted octanol–water partition coefficient (Wildman–Crippen LogP) is 3.97. The van der Waals surface area contributed by atoms with Crippen LogP contribution in [0.15, 0.2) is 0 Å². The number of thiazole rings is 1. The Kier molecular flexibility index (Phi) is 4.09. The molecule has 1 aromatic rings. The van der Waals surface area contributed by atoms with E-state index in [1.54, 1.807) is 11.3 Å². The molecule has 0 aromatic carbocycles. The molecule has 0 spiro atoms. The van der Waals surface area contributed by atoms with Gasteiger partial charge in [0.15, 0.2) is 5.13 Å². The van der Waals surface area contributed by atoms with Crippen molar-refractivity contribution in [2.24, 2.45) is 5.92 Å². The molecular formula is C12H19ClN2S. The van der Waals surface area contributed by atoms with Crippen molar-refractivity contribution in [3.8, 4) is 0 Å². The van der Waals surface area contributed by atoms with Gasteiger partial charge in [-0.15, -0.1) is 22.9 Å². The summed E-state index contributed by atoms with van der Waals surface area (Å²) in [6, 6.07) is 0.524. The SMILES string of the molecule is Cc1nc(NC2CCCCC2CCl)sc1C. The van der Waals surface area contributed by atoms with Gasteiger partial charge in [0.2, 0.25) is 0 Å². The number of halogens is 1. The Morgan fingerprint density at radius 3 is 2.75 bits per heavy atom. The number of aromatic nitrogens is 1. The van der Waals surface area contributed by atoms with E-state index < -0.39 is 0 Å². The summed E-state index contributed by atoms with van der Waals surface area (Å²) in [7, 11) is 0. The van der Waals surface area contributed by atoms with Gasteiger partial charge in [0.05, 0.1) is 5.69 Å². The highest BCUT2D eigenvalue weighted by Crippen LogP contribution is 2.30. The van der Waals surface area contributed by atoms with Gasteiger partial charge in [-0.25, -0.2) is 4.98 Å². The first-order valence-corrected chi connectivity index (χ1v) is 7.32. The second kappa shape index (κ2) is 5.37. The van der Waals surface area contributed by atoms with Crippen LogP contribution in [0.1, 0.15) is 36.3 Å². The van der Waals surface area contributed by atoms with Crippen molar-refractivity contribution in [3.63, 3.8) is 0 Å². The molecule has 1 aliphatic carbocycles. The van der Waals surface area contributed by atoms with Crippen molar-refractivity contribution in [2.75, 3.05) is 11.2 Å². The number of alkyl halides is 1. The van der Waals surface area contributed by atoms with E-state index in [4.69, 9.17) is 11.6 Å². The molecule has 4 heteroatoms. The van der Waals surface area contributed by atoms with Gasteiger partial charge in [-0.05, 0) is 32.6 Å². The van der Waals surface area contributed by atoms with E-state index in [1.165, 1.54) is 30.6 Å². The molecule has 0 bridgehead atoms. The van der Waals surface area contributed by atoms with Crippen molar-refractivity contribution in [2.45, 2.75) is 45.6 Å². The van der Waals surface area contributed by atoms with E-state index in [0.29, 0.717) is 12.0 Å². The number of hydrogen-bond acceptors (Lipinski definition) is 3. The summed E-state index contributed by atoms with van der Waals surface area (Å²) in [6.45, 7) is 4.19. The van der Waals surface area contributed by atoms with Gasteiger partial charge in [-0.1, -0.05) is 12.8 Å². The third-order valence-corrected chi connectivity index (χ3v) is 4.85. The van der Waals surface area contributed by atoms with E-state index in [2.05, 4.69) is 24.1 Å². The highest BCUT2D eigenvalue weighted by atomic mass is 35.5. The normalized spacial score (nSPS) is 25.7. The third kappa shape index (κ3) is 2.69. The van der Waals surface area contributed by atoms with Crippen LogP contribution in [0.2, 0.25) is 0 Å². The zero-order valence-corrected chi connectivity index (χ0v) is 11.5. The molecule has 1 saturated carbocycles. The number of nitrogens with one attached hydrogen (secondary N) is 1. The zero-order valence-electron chi connectivity index (χ0n) is 9.92. The smallest absolute Gasteiger partial charge is 0.183 e. The molecule has 1 N–H and O–H groups in total. The first-order chi connectivity index (χ1) is 7.70. The van der Waals surface area contributed by atoms with Crippen LogP contribution < -0.4 is 5.32 Å². The molecule has 0 radical (unpaired) electrons. The Balaban J connectivity index is 2.02. The van der Waals surface area contributed by atoms with Crippen LogP contribution in [0.25, 0.3) is 0 Å². The Morgan fingerprint density at radius 2 is 2.12 bits per heavy atom. The summed E-state index contributed by atoms with van der Waals surface area (Å²) in [5.41, 5.74) is 1.14. The van der Waals surface area contributed by atoms with Crippen LogP contribution in [-0.2, 0) is 0 Å². The molecule has 1 aliphatic rings. The second-order valence-corrected chi connectivity index (χ2v) is 6.12. The van der Waals surface area contributed by atoms with Gasteiger partial charge in [0.1, 0.15) is 0 Å². The van der Waals surface area contributed by atoms with Crippen molar-refractivity contribution < 1.29 is 0 Å². The average Bonchev–Trinajstić information content (AvgIpc) is 2.59. The number of anilines is 1. The van der Waals surface area contributed by atoms with E-state index in [1.807, 2.05) is 0 Å². The lowest BCUT2D eigenvalue weighted by Crippen LogP contribution is -2.33. The molecule has 0 amide bonds. The minimum absolute atomic E-state index is 0.524. The minimum atomic E-state index is 0.524. The maximum Gasteiger partial charge on any atom is 0.183 e. The zero-order chi connectivity index (χ0) is 11.5. The van der Waals surface area contributed by atoms with Crippen molar-refractivity contribution in [1.82, 2.24) is 4.98 Å². The molecule has 1 fully saturated rings. The predicted molar refractivity (Wildman–Crippen MR) is 71.7 cm³/mol. The lowest BCUT2D eigenvalue weighted by Gasteiger charge is -2.30. The number of hydrogen-bond donors (Lipinski definition) is 1. The summed E-state index contributed by atoms with van der Waals surface area (Å²) >= 11 is 7.78. The Labute approximate surface area is 106 Å². The number of nitrogens with zero attached hydrogens (tertiary/aromatic N) is 1. The average molecular weight is 259 g/mol. The lowest BCUT2D eigenvalue weighted by molar-refractivity contribution is 0.353. The van der Waals surface area contributed by atoms with Crippen molar-refractivity contribution in [1.29, 1.82) is 0 Å². The lowest BCUT2D eigenvalue weighted by atomic mass is 9.86. The van der Waals surface area contributed by atoms with Gasteiger partial charge in [-0.2, -0.15) is 0 Å². The molecule has 2 atom stereocenters. The molecule has 2 nitrogen and oxygen atoms in total. The maximum atomic E-state index is 6.02. The minimum Gasteiger partial charge on any atom is -0.358 e. The number of rotatable bonds is 3. The quantitative estimate of drug-likeness (QED) is 0.830. The molecule has 2 rings (SSSR count). The van der Waals surface area contributed by atoms with Crippen LogP contribution in [0.3, 0.4) is 0 Å². The first-order valence-electron chi connectivity index (χ1n) is 5.97. The third-order valence-electron chi connectivity index (χ3n) is 3.44. The van der Waals surface area contributed by atoms with E-state index in [0.717, 1.165) is 16.7 Å². The fourth-order valence-electron chi connectivity index (χ4n) is 2.28. The molecule has 0 aliphatic heterocycles. The molecular weight excluding hydrogens is 240 g/mol. The van der Waals surface area contributed by atoms with Gasteiger partial charge in [0.25, 0.3) is 0 Å². The summed E-state index contributed by atoms with van der Waals surface area (Å²) < 4.78 is 0. The van der Waals surface area contributed by atoms with Gasteiger partial charge in [-0.3, -0.25) is 0 Å². The van der Waals surface area contributed by atoms with E-state index >= 15 is 0 Å². The van der Waals surface area contributed by atoms with Crippen LogP contribution >= 0.6 is 22.9 Å². The fourth-order valence-corrected chi connectivity index (χ4v) is 3.52. The fraction of sp³-hybridized carbons (Fsp3) is 0.750. The molecule has 0 saturated heterocycles. The van der Waals surface area contributed by atoms with Crippen LogP contribution in [0.5, 0.6) is 0 Å². The monoisotopic (exact) mass is 258 g/mol. The Hall–Kier alpha value is -0.280. The van der Waals surface area contributed by atoms with Crippen molar-refractivity contribution in [3.05, 3.63) is 10.6 Å². The van der Waals surface area contributed by atoms with Gasteiger partial charge < -0.3 is 5.32 Å². The molecule has 2 unspecified atom stereocenters. The Morgan fingerprint density at radius 1 is 1.38 bits per heavy atom. The first kappa shape index (κ1) is 12.2. The van der Waals surface area contributed by atoms with Crippen molar-refractivity contribution >= 4 is 28.1 Å². The molecule has 1 aromatic heterocycles. The standard InChI is InChI=1S/C12H19ClN2S/c1-8-9(2)16-12(14-8)15-11-6-4-3-5-10(11)7-13/h10-11H,3-7H2,1-2H3,(H,14,15). The summed E-state index contributed by atoms with van der Waals surface area (Å²) in [5, 5.41) is 4.63. The Bertz CT molecular complexity index is 331. The maximum absolute atomic E-state index is 6.02.